The third kappa shape index (κ3) is 3.47. The van der Waals surface area contributed by atoms with Crippen molar-refractivity contribution in [1.29, 1.82) is 0 Å². The molecule has 1 aliphatic heterocycles. The molecule has 4 heteroatoms. The first-order chi connectivity index (χ1) is 12.1. The van der Waals surface area contributed by atoms with E-state index in [1.807, 2.05) is 0 Å². The first-order valence-electron chi connectivity index (χ1n) is 9.89. The number of carbonyl (C=O) groups is 2. The average Bonchev–Trinajstić information content (AvgIpc) is 2.84. The zero-order chi connectivity index (χ0) is 19.1. The standard InChI is InChI=1S/C22H32O4/c1-14-7-10-18-21(3,4)11-6-12-22(18,5)17(14)9-8-16-13-19(24)26-20(16)25-15(2)23/h13,17-18,20H,1,6-12H2,2-5H3/t17-,18-,20?,22+/m1/s1. The van der Waals surface area contributed by atoms with Crippen molar-refractivity contribution in [1.82, 2.24) is 0 Å². The number of carbonyl (C=O) groups excluding carboxylic acids is 2. The van der Waals surface area contributed by atoms with Gasteiger partial charge in [0.25, 0.3) is 6.29 Å². The van der Waals surface area contributed by atoms with E-state index < -0.39 is 18.2 Å². The van der Waals surface area contributed by atoms with Gasteiger partial charge in [-0.15, -0.1) is 0 Å². The summed E-state index contributed by atoms with van der Waals surface area (Å²) in [4.78, 5) is 22.9. The fourth-order valence-corrected chi connectivity index (χ4v) is 5.99. The Morgan fingerprint density at radius 1 is 1.35 bits per heavy atom. The summed E-state index contributed by atoms with van der Waals surface area (Å²) in [6, 6.07) is 0. The van der Waals surface area contributed by atoms with Crippen LogP contribution in [0.1, 0.15) is 72.6 Å². The van der Waals surface area contributed by atoms with Crippen LogP contribution < -0.4 is 0 Å². The van der Waals surface area contributed by atoms with E-state index in [2.05, 4.69) is 27.4 Å². The molecular formula is C22H32O4. The molecule has 0 saturated heterocycles. The minimum absolute atomic E-state index is 0.262. The van der Waals surface area contributed by atoms with E-state index in [0.717, 1.165) is 18.4 Å². The molecule has 3 rings (SSSR count). The number of hydrogen-bond donors (Lipinski definition) is 0. The van der Waals surface area contributed by atoms with Crippen LogP contribution in [-0.4, -0.2) is 18.2 Å². The van der Waals surface area contributed by atoms with Crippen molar-refractivity contribution in [2.45, 2.75) is 78.9 Å². The average molecular weight is 360 g/mol. The molecule has 4 nitrogen and oxygen atoms in total. The predicted octanol–water partition coefficient (Wildman–Crippen LogP) is 4.94. The molecule has 0 aromatic rings. The highest BCUT2D eigenvalue weighted by Gasteiger charge is 2.52. The van der Waals surface area contributed by atoms with Crippen LogP contribution in [0.5, 0.6) is 0 Å². The summed E-state index contributed by atoms with van der Waals surface area (Å²) < 4.78 is 10.3. The fraction of sp³-hybridized carbons (Fsp3) is 0.727. The third-order valence-electron chi connectivity index (χ3n) is 7.14. The molecule has 3 aliphatic rings. The summed E-state index contributed by atoms with van der Waals surface area (Å²) in [6.45, 7) is 13.0. The first kappa shape index (κ1) is 19.2. The van der Waals surface area contributed by atoms with E-state index in [0.29, 0.717) is 23.7 Å². The lowest BCUT2D eigenvalue weighted by Gasteiger charge is -2.58. The lowest BCUT2D eigenvalue weighted by Crippen LogP contribution is -2.49. The van der Waals surface area contributed by atoms with Gasteiger partial charge in [-0.3, -0.25) is 4.79 Å². The SMILES string of the molecule is C=C1CC[C@@H]2C(C)(C)CCC[C@@]2(C)[C@@H]1CCC1=CC(=O)OC1OC(C)=O. The molecule has 4 atom stereocenters. The van der Waals surface area contributed by atoms with Gasteiger partial charge >= 0.3 is 11.9 Å². The number of rotatable bonds is 4. The molecule has 2 aliphatic carbocycles. The second kappa shape index (κ2) is 6.86. The molecule has 0 N–H and O–H groups in total. The Hall–Kier alpha value is -1.58. The van der Waals surface area contributed by atoms with Gasteiger partial charge in [0.2, 0.25) is 0 Å². The van der Waals surface area contributed by atoms with Crippen molar-refractivity contribution >= 4 is 11.9 Å². The number of ether oxygens (including phenoxy) is 2. The zero-order valence-corrected chi connectivity index (χ0v) is 16.6. The van der Waals surface area contributed by atoms with Crippen LogP contribution in [0.2, 0.25) is 0 Å². The van der Waals surface area contributed by atoms with Crippen molar-refractivity contribution in [3.8, 4) is 0 Å². The summed E-state index contributed by atoms with van der Waals surface area (Å²) in [5, 5.41) is 0. The molecule has 0 aromatic heterocycles. The van der Waals surface area contributed by atoms with E-state index in [-0.39, 0.29) is 5.41 Å². The van der Waals surface area contributed by atoms with Gasteiger partial charge in [-0.1, -0.05) is 39.3 Å². The monoisotopic (exact) mass is 360 g/mol. The summed E-state index contributed by atoms with van der Waals surface area (Å²) in [6.07, 6.45) is 8.42. The molecular weight excluding hydrogens is 328 g/mol. The maximum atomic E-state index is 11.6. The summed E-state index contributed by atoms with van der Waals surface area (Å²) in [5.41, 5.74) is 2.76. The van der Waals surface area contributed by atoms with Crippen LogP contribution in [0.4, 0.5) is 0 Å². The molecule has 0 spiro atoms. The van der Waals surface area contributed by atoms with Crippen LogP contribution in [0.25, 0.3) is 0 Å². The Kier molecular flexibility index (Phi) is 5.06. The summed E-state index contributed by atoms with van der Waals surface area (Å²) >= 11 is 0. The first-order valence-corrected chi connectivity index (χ1v) is 9.89. The quantitative estimate of drug-likeness (QED) is 0.526. The molecule has 2 saturated carbocycles. The summed E-state index contributed by atoms with van der Waals surface area (Å²) in [7, 11) is 0. The molecule has 144 valence electrons. The van der Waals surface area contributed by atoms with Gasteiger partial charge in [0, 0.05) is 18.6 Å². The molecule has 1 unspecified atom stereocenters. The minimum Gasteiger partial charge on any atom is -0.421 e. The van der Waals surface area contributed by atoms with Gasteiger partial charge in [-0.05, 0) is 61.2 Å². The fourth-order valence-electron chi connectivity index (χ4n) is 5.99. The Labute approximate surface area is 157 Å². The molecule has 1 heterocycles. The van der Waals surface area contributed by atoms with Gasteiger partial charge in [0.1, 0.15) is 0 Å². The van der Waals surface area contributed by atoms with Crippen molar-refractivity contribution in [2.24, 2.45) is 22.7 Å². The van der Waals surface area contributed by atoms with Gasteiger partial charge in [0.05, 0.1) is 0 Å². The highest BCUT2D eigenvalue weighted by atomic mass is 16.7. The largest absolute Gasteiger partial charge is 0.421 e. The lowest BCUT2D eigenvalue weighted by atomic mass is 9.47. The molecule has 0 bridgehead atoms. The summed E-state index contributed by atoms with van der Waals surface area (Å²) in [5.74, 6) is 0.296. The Bertz CT molecular complexity index is 645. The van der Waals surface area contributed by atoms with Crippen molar-refractivity contribution in [3.63, 3.8) is 0 Å². The van der Waals surface area contributed by atoms with Crippen molar-refractivity contribution in [2.75, 3.05) is 0 Å². The minimum atomic E-state index is -0.844. The van der Waals surface area contributed by atoms with Gasteiger partial charge in [0.15, 0.2) is 0 Å². The van der Waals surface area contributed by atoms with Gasteiger partial charge in [-0.25, -0.2) is 4.79 Å². The number of cyclic esters (lactones) is 1. The van der Waals surface area contributed by atoms with E-state index in [9.17, 15) is 9.59 Å². The van der Waals surface area contributed by atoms with Gasteiger partial charge in [-0.2, -0.15) is 0 Å². The van der Waals surface area contributed by atoms with Crippen LogP contribution in [-0.2, 0) is 19.1 Å². The number of allylic oxidation sites excluding steroid dienone is 1. The Morgan fingerprint density at radius 2 is 2.08 bits per heavy atom. The smallest absolute Gasteiger partial charge is 0.334 e. The highest BCUT2D eigenvalue weighted by Crippen LogP contribution is 2.61. The maximum absolute atomic E-state index is 11.6. The second-order valence-electron chi connectivity index (χ2n) is 9.29. The zero-order valence-electron chi connectivity index (χ0n) is 16.6. The van der Waals surface area contributed by atoms with E-state index >= 15 is 0 Å². The topological polar surface area (TPSA) is 52.6 Å². The third-order valence-corrected chi connectivity index (χ3v) is 7.14. The molecule has 0 aromatic carbocycles. The van der Waals surface area contributed by atoms with E-state index in [1.54, 1.807) is 0 Å². The number of hydrogen-bond acceptors (Lipinski definition) is 4. The van der Waals surface area contributed by atoms with Crippen molar-refractivity contribution < 1.29 is 19.1 Å². The predicted molar refractivity (Wildman–Crippen MR) is 100 cm³/mol. The van der Waals surface area contributed by atoms with Crippen LogP contribution in [0, 0.1) is 22.7 Å². The highest BCUT2D eigenvalue weighted by molar-refractivity contribution is 5.86. The van der Waals surface area contributed by atoms with E-state index in [1.165, 1.54) is 44.3 Å². The van der Waals surface area contributed by atoms with Crippen LogP contribution in [0.15, 0.2) is 23.8 Å². The number of esters is 2. The van der Waals surface area contributed by atoms with Crippen LogP contribution >= 0.6 is 0 Å². The van der Waals surface area contributed by atoms with Crippen molar-refractivity contribution in [3.05, 3.63) is 23.8 Å². The molecule has 0 amide bonds. The molecule has 26 heavy (non-hydrogen) atoms. The van der Waals surface area contributed by atoms with Gasteiger partial charge < -0.3 is 9.47 Å². The second-order valence-corrected chi connectivity index (χ2v) is 9.29. The molecule has 2 fully saturated rings. The van der Waals surface area contributed by atoms with Crippen LogP contribution in [0.3, 0.4) is 0 Å². The maximum Gasteiger partial charge on any atom is 0.334 e. The van der Waals surface area contributed by atoms with E-state index in [4.69, 9.17) is 9.47 Å². The Morgan fingerprint density at radius 3 is 2.77 bits per heavy atom. The Balaban J connectivity index is 1.75. The normalized spacial score (nSPS) is 36.2. The lowest BCUT2D eigenvalue weighted by molar-refractivity contribution is -0.172. The molecule has 0 radical (unpaired) electrons. The number of fused-ring (bicyclic) bond motifs is 1.